The lowest BCUT2D eigenvalue weighted by atomic mass is 10.2. The van der Waals surface area contributed by atoms with Gasteiger partial charge in [-0.15, -0.1) is 0 Å². The predicted molar refractivity (Wildman–Crippen MR) is 125 cm³/mol. The molecule has 6 nitrogen and oxygen atoms in total. The summed E-state index contributed by atoms with van der Waals surface area (Å²) in [6, 6.07) is 19.3. The normalized spacial score (nSPS) is 16.6. The van der Waals surface area contributed by atoms with Crippen molar-refractivity contribution < 1.29 is 22.7 Å². The highest BCUT2D eigenvalue weighted by atomic mass is 19.4. The van der Waals surface area contributed by atoms with Crippen molar-refractivity contribution in [1.29, 1.82) is 0 Å². The number of likely N-dealkylation sites (tertiary alicyclic amines) is 1. The van der Waals surface area contributed by atoms with E-state index in [0.717, 1.165) is 54.1 Å². The average molecular weight is 480 g/mol. The molecule has 1 unspecified atom stereocenters. The van der Waals surface area contributed by atoms with Crippen LogP contribution in [0.4, 0.5) is 13.2 Å². The minimum absolute atomic E-state index is 0.303. The van der Waals surface area contributed by atoms with E-state index in [1.54, 1.807) is 12.1 Å². The average Bonchev–Trinajstić information content (AvgIpc) is 3.44. The summed E-state index contributed by atoms with van der Waals surface area (Å²) in [7, 11) is 0. The Balaban J connectivity index is 1.42. The van der Waals surface area contributed by atoms with Crippen LogP contribution in [-0.4, -0.2) is 32.9 Å². The smallest absolute Gasteiger partial charge is 0.416 e. The summed E-state index contributed by atoms with van der Waals surface area (Å²) >= 11 is 0. The van der Waals surface area contributed by atoms with E-state index in [2.05, 4.69) is 4.90 Å². The highest BCUT2D eigenvalue weighted by Gasteiger charge is 2.31. The van der Waals surface area contributed by atoms with Crippen molar-refractivity contribution in [2.45, 2.75) is 31.6 Å². The third kappa shape index (κ3) is 4.72. The number of rotatable bonds is 6. The molecule has 0 aliphatic carbocycles. The van der Waals surface area contributed by atoms with Crippen LogP contribution < -0.4 is 10.5 Å². The molecule has 1 saturated heterocycles. The van der Waals surface area contributed by atoms with Crippen LogP contribution in [0.2, 0.25) is 0 Å². The number of halogens is 3. The molecule has 1 fully saturated rings. The van der Waals surface area contributed by atoms with Crippen molar-refractivity contribution >= 4 is 16.9 Å². The van der Waals surface area contributed by atoms with Crippen molar-refractivity contribution in [3.63, 3.8) is 0 Å². The van der Waals surface area contributed by atoms with Crippen LogP contribution >= 0.6 is 0 Å². The maximum atomic E-state index is 12.8. The fourth-order valence-electron chi connectivity index (χ4n) is 4.50. The van der Waals surface area contributed by atoms with E-state index < -0.39 is 11.7 Å². The van der Waals surface area contributed by atoms with E-state index >= 15 is 0 Å². The minimum Gasteiger partial charge on any atom is -0.457 e. The summed E-state index contributed by atoms with van der Waals surface area (Å²) in [6.07, 6.45) is -2.74. The Morgan fingerprint density at radius 3 is 2.31 bits per heavy atom. The van der Waals surface area contributed by atoms with Gasteiger partial charge in [-0.1, -0.05) is 12.1 Å². The summed E-state index contributed by atoms with van der Waals surface area (Å²) in [5.41, 5.74) is 7.48. The van der Waals surface area contributed by atoms with Crippen LogP contribution in [0, 0.1) is 0 Å². The molecule has 1 atom stereocenters. The van der Waals surface area contributed by atoms with Gasteiger partial charge in [-0.2, -0.15) is 13.2 Å². The maximum absolute atomic E-state index is 12.8. The second-order valence-corrected chi connectivity index (χ2v) is 8.50. The van der Waals surface area contributed by atoms with Gasteiger partial charge in [0.05, 0.1) is 29.2 Å². The number of amides is 1. The standard InChI is InChI=1S/C26H23F3N4O2/c27-26(28,29)17-7-11-19(12-8-17)35-20-13-9-18(10-14-20)33-22-5-2-1-4-21(22)31-24(33)16-32-15-3-6-23(32)25(30)34/h1-2,4-5,7-14,23H,3,6,15-16H2,(H2,30,34). The Hall–Kier alpha value is -3.85. The van der Waals surface area contributed by atoms with E-state index in [9.17, 15) is 18.0 Å². The molecule has 35 heavy (non-hydrogen) atoms. The zero-order valence-electron chi connectivity index (χ0n) is 18.7. The number of hydrogen-bond acceptors (Lipinski definition) is 4. The van der Waals surface area contributed by atoms with Gasteiger partial charge in [0.2, 0.25) is 5.91 Å². The molecule has 9 heteroatoms. The van der Waals surface area contributed by atoms with Gasteiger partial charge < -0.3 is 10.5 Å². The Morgan fingerprint density at radius 2 is 1.66 bits per heavy atom. The van der Waals surface area contributed by atoms with E-state index in [-0.39, 0.29) is 11.9 Å². The molecular weight excluding hydrogens is 457 g/mol. The third-order valence-corrected chi connectivity index (χ3v) is 6.18. The van der Waals surface area contributed by atoms with Crippen LogP contribution in [0.5, 0.6) is 11.5 Å². The van der Waals surface area contributed by atoms with Crippen LogP contribution in [0.25, 0.3) is 16.7 Å². The van der Waals surface area contributed by atoms with Crippen molar-refractivity contribution in [3.05, 3.63) is 84.2 Å². The summed E-state index contributed by atoms with van der Waals surface area (Å²) < 4.78 is 46.1. The molecule has 0 saturated carbocycles. The highest BCUT2D eigenvalue weighted by Crippen LogP contribution is 2.32. The quantitative estimate of drug-likeness (QED) is 0.407. The molecule has 1 amide bonds. The molecule has 1 aliphatic rings. The number of nitrogens with zero attached hydrogens (tertiary/aromatic N) is 3. The summed E-state index contributed by atoms with van der Waals surface area (Å²) in [6.45, 7) is 1.25. The molecule has 1 aliphatic heterocycles. The highest BCUT2D eigenvalue weighted by molar-refractivity contribution is 5.80. The van der Waals surface area contributed by atoms with E-state index in [1.165, 1.54) is 12.1 Å². The molecule has 180 valence electrons. The lowest BCUT2D eigenvalue weighted by Crippen LogP contribution is -2.40. The molecule has 2 heterocycles. The third-order valence-electron chi connectivity index (χ3n) is 6.18. The number of aromatic nitrogens is 2. The number of benzene rings is 3. The van der Waals surface area contributed by atoms with Crippen molar-refractivity contribution in [2.75, 3.05) is 6.54 Å². The zero-order chi connectivity index (χ0) is 24.6. The molecule has 0 spiro atoms. The number of para-hydroxylation sites is 2. The van der Waals surface area contributed by atoms with Crippen LogP contribution in [-0.2, 0) is 17.5 Å². The lowest BCUT2D eigenvalue weighted by Gasteiger charge is -2.22. The summed E-state index contributed by atoms with van der Waals surface area (Å²) in [4.78, 5) is 18.7. The van der Waals surface area contributed by atoms with Gasteiger partial charge in [0.25, 0.3) is 0 Å². The van der Waals surface area contributed by atoms with Crippen LogP contribution in [0.3, 0.4) is 0 Å². The summed E-state index contributed by atoms with van der Waals surface area (Å²) in [5, 5.41) is 0. The number of primary amides is 1. The number of carbonyl (C=O) groups excluding carboxylic acids is 1. The Morgan fingerprint density at radius 1 is 1.00 bits per heavy atom. The first kappa shape index (κ1) is 22.9. The SMILES string of the molecule is NC(=O)C1CCCN1Cc1nc2ccccc2n1-c1ccc(Oc2ccc(C(F)(F)F)cc2)cc1. The van der Waals surface area contributed by atoms with Gasteiger partial charge >= 0.3 is 6.18 Å². The molecule has 0 radical (unpaired) electrons. The van der Waals surface area contributed by atoms with Crippen molar-refractivity contribution in [3.8, 4) is 17.2 Å². The number of ether oxygens (including phenoxy) is 1. The number of nitrogens with two attached hydrogens (primary N) is 1. The van der Waals surface area contributed by atoms with Gasteiger partial charge in [0.15, 0.2) is 0 Å². The number of alkyl halides is 3. The Kier molecular flexibility index (Phi) is 5.94. The Labute approximate surface area is 199 Å². The lowest BCUT2D eigenvalue weighted by molar-refractivity contribution is -0.137. The van der Waals surface area contributed by atoms with Crippen LogP contribution in [0.1, 0.15) is 24.2 Å². The van der Waals surface area contributed by atoms with Gasteiger partial charge in [0, 0.05) is 5.69 Å². The fraction of sp³-hybridized carbons (Fsp3) is 0.231. The summed E-state index contributed by atoms with van der Waals surface area (Å²) in [5.74, 6) is 1.27. The van der Waals surface area contributed by atoms with Crippen molar-refractivity contribution in [1.82, 2.24) is 14.5 Å². The van der Waals surface area contributed by atoms with E-state index in [1.807, 2.05) is 41.0 Å². The minimum atomic E-state index is -4.39. The van der Waals surface area contributed by atoms with Crippen molar-refractivity contribution in [2.24, 2.45) is 5.73 Å². The molecule has 4 aromatic rings. The molecule has 2 N–H and O–H groups in total. The first-order valence-corrected chi connectivity index (χ1v) is 11.2. The first-order chi connectivity index (χ1) is 16.8. The predicted octanol–water partition coefficient (Wildman–Crippen LogP) is 5.29. The largest absolute Gasteiger partial charge is 0.457 e. The van der Waals surface area contributed by atoms with Gasteiger partial charge in [-0.05, 0) is 80.1 Å². The van der Waals surface area contributed by atoms with Gasteiger partial charge in [-0.25, -0.2) is 4.98 Å². The van der Waals surface area contributed by atoms with E-state index in [4.69, 9.17) is 15.5 Å². The molecule has 5 rings (SSSR count). The molecule has 1 aromatic heterocycles. The first-order valence-electron chi connectivity index (χ1n) is 11.2. The monoisotopic (exact) mass is 480 g/mol. The zero-order valence-corrected chi connectivity index (χ0v) is 18.7. The topological polar surface area (TPSA) is 73.4 Å². The fourth-order valence-corrected chi connectivity index (χ4v) is 4.50. The van der Waals surface area contributed by atoms with Crippen LogP contribution in [0.15, 0.2) is 72.8 Å². The number of hydrogen-bond donors (Lipinski definition) is 1. The molecule has 0 bridgehead atoms. The molecular formula is C26H23F3N4O2. The van der Waals surface area contributed by atoms with Gasteiger partial charge in [0.1, 0.15) is 17.3 Å². The second kappa shape index (κ2) is 9.07. The van der Waals surface area contributed by atoms with E-state index in [0.29, 0.717) is 18.0 Å². The molecule has 3 aromatic carbocycles. The maximum Gasteiger partial charge on any atom is 0.416 e. The number of imidazole rings is 1. The van der Waals surface area contributed by atoms with Gasteiger partial charge in [-0.3, -0.25) is 14.3 Å². The number of fused-ring (bicyclic) bond motifs is 1. The number of carbonyl (C=O) groups is 1. The Bertz CT molecular complexity index is 1350. The second-order valence-electron chi connectivity index (χ2n) is 8.50.